The van der Waals surface area contributed by atoms with Crippen LogP contribution in [0.4, 0.5) is 0 Å². The smallest absolute Gasteiger partial charge is 0.338 e. The first-order chi connectivity index (χ1) is 10.8. The normalized spacial score (nSPS) is 18.9. The third-order valence-corrected chi connectivity index (χ3v) is 5.48. The van der Waals surface area contributed by atoms with Gasteiger partial charge in [0.05, 0.1) is 28.7 Å². The second-order valence-corrected chi connectivity index (χ2v) is 7.56. The highest BCUT2D eigenvalue weighted by molar-refractivity contribution is 7.91. The number of nitriles is 1. The summed E-state index contributed by atoms with van der Waals surface area (Å²) in [4.78, 5) is 25.1. The average molecular weight is 336 g/mol. The van der Waals surface area contributed by atoms with Crippen LogP contribution in [0.1, 0.15) is 22.3 Å². The largest absolute Gasteiger partial charge is 0.452 e. The summed E-state index contributed by atoms with van der Waals surface area (Å²) < 4.78 is 27.8. The van der Waals surface area contributed by atoms with Crippen LogP contribution < -0.4 is 0 Å². The molecule has 1 aromatic rings. The molecule has 0 radical (unpaired) electrons. The number of rotatable bonds is 4. The minimum Gasteiger partial charge on any atom is -0.452 e. The van der Waals surface area contributed by atoms with Crippen molar-refractivity contribution in [2.45, 2.75) is 12.5 Å². The van der Waals surface area contributed by atoms with Gasteiger partial charge in [0.25, 0.3) is 5.91 Å². The third-order valence-electron chi connectivity index (χ3n) is 3.73. The van der Waals surface area contributed by atoms with Gasteiger partial charge in [0.1, 0.15) is 0 Å². The Bertz CT molecular complexity index is 749. The van der Waals surface area contributed by atoms with E-state index in [-0.39, 0.29) is 23.1 Å². The number of esters is 1. The Morgan fingerprint density at radius 2 is 2.00 bits per heavy atom. The SMILES string of the molecule is CN(C(=O)COC(=O)c1ccc(C#N)cc1)C1CCS(=O)(=O)C1. The van der Waals surface area contributed by atoms with Gasteiger partial charge in [-0.1, -0.05) is 0 Å². The molecular weight excluding hydrogens is 320 g/mol. The van der Waals surface area contributed by atoms with Crippen LogP contribution in [-0.2, 0) is 19.4 Å². The molecule has 1 unspecified atom stereocenters. The number of nitrogens with zero attached hydrogens (tertiary/aromatic N) is 2. The van der Waals surface area contributed by atoms with Crippen LogP contribution in [0, 0.1) is 11.3 Å². The first-order valence-electron chi connectivity index (χ1n) is 6.96. The molecule has 1 aliphatic heterocycles. The van der Waals surface area contributed by atoms with Gasteiger partial charge in [0, 0.05) is 13.1 Å². The molecule has 122 valence electrons. The second-order valence-electron chi connectivity index (χ2n) is 5.33. The van der Waals surface area contributed by atoms with E-state index >= 15 is 0 Å². The average Bonchev–Trinajstić information content (AvgIpc) is 2.91. The summed E-state index contributed by atoms with van der Waals surface area (Å²) in [5.74, 6) is -1.11. The van der Waals surface area contributed by atoms with Crippen LogP contribution in [-0.4, -0.2) is 56.4 Å². The highest BCUT2D eigenvalue weighted by Crippen LogP contribution is 2.16. The van der Waals surface area contributed by atoms with Crippen molar-refractivity contribution < 1.29 is 22.7 Å². The number of hydrogen-bond acceptors (Lipinski definition) is 6. The maximum absolute atomic E-state index is 12.0. The van der Waals surface area contributed by atoms with Crippen molar-refractivity contribution in [3.05, 3.63) is 35.4 Å². The number of carbonyl (C=O) groups is 2. The zero-order valence-electron chi connectivity index (χ0n) is 12.6. The van der Waals surface area contributed by atoms with Crippen molar-refractivity contribution in [3.8, 4) is 6.07 Å². The summed E-state index contributed by atoms with van der Waals surface area (Å²) in [6.45, 7) is -0.452. The predicted octanol–water partition coefficient (Wildman–Crippen LogP) is 0.361. The van der Waals surface area contributed by atoms with Crippen molar-refractivity contribution in [2.75, 3.05) is 25.2 Å². The van der Waals surface area contributed by atoms with Crippen LogP contribution in [0.25, 0.3) is 0 Å². The fraction of sp³-hybridized carbons (Fsp3) is 0.400. The molecule has 0 N–H and O–H groups in total. The number of sulfone groups is 1. The standard InChI is InChI=1S/C15H16N2O5S/c1-17(13-6-7-23(20,21)10-13)14(18)9-22-15(19)12-4-2-11(8-16)3-5-12/h2-5,13H,6-7,9-10H2,1H3. The number of benzene rings is 1. The maximum Gasteiger partial charge on any atom is 0.338 e. The van der Waals surface area contributed by atoms with Crippen molar-refractivity contribution >= 4 is 21.7 Å². The van der Waals surface area contributed by atoms with E-state index in [1.807, 2.05) is 6.07 Å². The lowest BCUT2D eigenvalue weighted by Crippen LogP contribution is -2.40. The fourth-order valence-electron chi connectivity index (χ4n) is 2.28. The van der Waals surface area contributed by atoms with Gasteiger partial charge in [-0.3, -0.25) is 4.79 Å². The Labute approximate surface area is 134 Å². The molecule has 1 atom stereocenters. The van der Waals surface area contributed by atoms with Gasteiger partial charge in [-0.15, -0.1) is 0 Å². The van der Waals surface area contributed by atoms with E-state index in [0.717, 1.165) is 0 Å². The van der Waals surface area contributed by atoms with Crippen LogP contribution in [0.2, 0.25) is 0 Å². The number of likely N-dealkylation sites (N-methyl/N-ethyl adjacent to an activating group) is 1. The molecule has 0 aromatic heterocycles. The van der Waals surface area contributed by atoms with Crippen LogP contribution in [0.3, 0.4) is 0 Å². The Balaban J connectivity index is 1.88. The molecule has 1 saturated heterocycles. The van der Waals surface area contributed by atoms with Gasteiger partial charge >= 0.3 is 5.97 Å². The molecule has 8 heteroatoms. The zero-order chi connectivity index (χ0) is 17.0. The van der Waals surface area contributed by atoms with Crippen molar-refractivity contribution in [2.24, 2.45) is 0 Å². The third kappa shape index (κ3) is 4.29. The molecule has 0 aliphatic carbocycles. The Kier molecular flexibility index (Phi) is 5.01. The molecule has 0 bridgehead atoms. The van der Waals surface area contributed by atoms with E-state index in [2.05, 4.69) is 0 Å². The van der Waals surface area contributed by atoms with Gasteiger partial charge in [0.15, 0.2) is 16.4 Å². The molecule has 1 aliphatic rings. The van der Waals surface area contributed by atoms with E-state index in [0.29, 0.717) is 12.0 Å². The molecule has 7 nitrogen and oxygen atoms in total. The molecule has 1 amide bonds. The molecule has 1 heterocycles. The summed E-state index contributed by atoms with van der Waals surface area (Å²) >= 11 is 0. The van der Waals surface area contributed by atoms with Crippen molar-refractivity contribution in [3.63, 3.8) is 0 Å². The number of carbonyl (C=O) groups excluding carboxylic acids is 2. The van der Waals surface area contributed by atoms with E-state index in [1.54, 1.807) is 0 Å². The molecule has 0 spiro atoms. The Morgan fingerprint density at radius 3 is 2.52 bits per heavy atom. The van der Waals surface area contributed by atoms with E-state index in [9.17, 15) is 18.0 Å². The predicted molar refractivity (Wildman–Crippen MR) is 81.3 cm³/mol. The lowest BCUT2D eigenvalue weighted by Gasteiger charge is -2.23. The maximum atomic E-state index is 12.0. The van der Waals surface area contributed by atoms with E-state index in [4.69, 9.17) is 10.00 Å². The van der Waals surface area contributed by atoms with Gasteiger partial charge in [-0.05, 0) is 30.7 Å². The van der Waals surface area contributed by atoms with Crippen molar-refractivity contribution in [1.82, 2.24) is 4.90 Å². The van der Waals surface area contributed by atoms with Gasteiger partial charge in [0.2, 0.25) is 0 Å². The van der Waals surface area contributed by atoms with E-state index in [1.165, 1.54) is 36.2 Å². The Hall–Kier alpha value is -2.40. The monoisotopic (exact) mass is 336 g/mol. The zero-order valence-corrected chi connectivity index (χ0v) is 13.4. The van der Waals surface area contributed by atoms with Crippen LogP contribution in [0.5, 0.6) is 0 Å². The minimum atomic E-state index is -3.08. The molecule has 1 fully saturated rings. The van der Waals surface area contributed by atoms with Crippen LogP contribution in [0.15, 0.2) is 24.3 Å². The number of hydrogen-bond donors (Lipinski definition) is 0. The van der Waals surface area contributed by atoms with Crippen molar-refractivity contribution in [1.29, 1.82) is 5.26 Å². The highest BCUT2D eigenvalue weighted by Gasteiger charge is 2.32. The van der Waals surface area contributed by atoms with Gasteiger partial charge in [-0.2, -0.15) is 5.26 Å². The second kappa shape index (κ2) is 6.79. The lowest BCUT2D eigenvalue weighted by atomic mass is 10.1. The molecule has 0 saturated carbocycles. The molecule has 23 heavy (non-hydrogen) atoms. The number of ether oxygens (including phenoxy) is 1. The Morgan fingerprint density at radius 1 is 1.35 bits per heavy atom. The topological polar surface area (TPSA) is 105 Å². The van der Waals surface area contributed by atoms with Gasteiger partial charge < -0.3 is 9.64 Å². The van der Waals surface area contributed by atoms with Crippen LogP contribution >= 0.6 is 0 Å². The summed E-state index contributed by atoms with van der Waals surface area (Å²) in [7, 11) is -1.58. The first-order valence-corrected chi connectivity index (χ1v) is 8.78. The molecule has 1 aromatic carbocycles. The minimum absolute atomic E-state index is 0.0567. The first kappa shape index (κ1) is 17.0. The lowest BCUT2D eigenvalue weighted by molar-refractivity contribution is -0.134. The quantitative estimate of drug-likeness (QED) is 0.735. The number of amides is 1. The summed E-state index contributed by atoms with van der Waals surface area (Å²) in [5.41, 5.74) is 0.655. The summed E-state index contributed by atoms with van der Waals surface area (Å²) in [5, 5.41) is 8.69. The van der Waals surface area contributed by atoms with E-state index < -0.39 is 28.3 Å². The highest BCUT2D eigenvalue weighted by atomic mass is 32.2. The summed E-state index contributed by atoms with van der Waals surface area (Å²) in [6.07, 6.45) is 0.397. The molecule has 2 rings (SSSR count). The van der Waals surface area contributed by atoms with Gasteiger partial charge in [-0.25, -0.2) is 13.2 Å². The molecular formula is C15H16N2O5S. The summed E-state index contributed by atoms with van der Waals surface area (Å²) in [6, 6.07) is 7.41. The fourth-order valence-corrected chi connectivity index (χ4v) is 4.05.